The fourth-order valence-electron chi connectivity index (χ4n) is 2.11. The molecule has 1 nitrogen and oxygen atoms in total. The van der Waals surface area contributed by atoms with Crippen molar-refractivity contribution in [2.24, 2.45) is 0 Å². The van der Waals surface area contributed by atoms with Gasteiger partial charge < -0.3 is 5.32 Å². The van der Waals surface area contributed by atoms with Crippen molar-refractivity contribution in [2.45, 2.75) is 32.7 Å². The van der Waals surface area contributed by atoms with Crippen LogP contribution in [-0.2, 0) is 6.42 Å². The average Bonchev–Trinajstić information content (AvgIpc) is 2.83. The molecule has 1 atom stereocenters. The number of rotatable bonds is 6. The molecule has 0 amide bonds. The van der Waals surface area contributed by atoms with Crippen molar-refractivity contribution in [3.05, 3.63) is 46.3 Å². The summed E-state index contributed by atoms with van der Waals surface area (Å²) in [6.07, 6.45) is 2.25. The van der Waals surface area contributed by atoms with E-state index in [4.69, 9.17) is 11.6 Å². The topological polar surface area (TPSA) is 12.0 Å². The Morgan fingerprint density at radius 1 is 1.21 bits per heavy atom. The molecule has 0 fully saturated rings. The Bertz CT molecular complexity index is 504. The quantitative estimate of drug-likeness (QED) is 0.790. The zero-order valence-corrected chi connectivity index (χ0v) is 13.0. The first kappa shape index (κ1) is 14.6. The third-order valence-corrected chi connectivity index (χ3v) is 4.51. The molecular formula is C16H20ClNS. The van der Waals surface area contributed by atoms with E-state index < -0.39 is 0 Å². The lowest BCUT2D eigenvalue weighted by molar-refractivity contribution is 0.543. The van der Waals surface area contributed by atoms with Crippen molar-refractivity contribution in [3.8, 4) is 10.4 Å². The highest BCUT2D eigenvalue weighted by Gasteiger charge is 2.06. The van der Waals surface area contributed by atoms with Crippen molar-refractivity contribution in [3.63, 3.8) is 0 Å². The minimum Gasteiger partial charge on any atom is -0.314 e. The molecule has 0 radical (unpaired) electrons. The molecule has 0 spiro atoms. The molecule has 0 saturated carbocycles. The van der Waals surface area contributed by atoms with Crippen LogP contribution in [0.25, 0.3) is 10.4 Å². The van der Waals surface area contributed by atoms with Crippen molar-refractivity contribution in [1.82, 2.24) is 5.32 Å². The Morgan fingerprint density at radius 3 is 2.53 bits per heavy atom. The van der Waals surface area contributed by atoms with E-state index in [9.17, 15) is 0 Å². The van der Waals surface area contributed by atoms with E-state index in [-0.39, 0.29) is 0 Å². The normalized spacial score (nSPS) is 12.6. The van der Waals surface area contributed by atoms with Gasteiger partial charge in [0.25, 0.3) is 0 Å². The van der Waals surface area contributed by atoms with Crippen LogP contribution in [0.1, 0.15) is 25.8 Å². The first-order chi connectivity index (χ1) is 9.20. The van der Waals surface area contributed by atoms with Gasteiger partial charge in [-0.2, -0.15) is 0 Å². The molecule has 1 N–H and O–H groups in total. The first-order valence-corrected chi connectivity index (χ1v) is 8.02. The molecule has 3 heteroatoms. The molecule has 0 saturated heterocycles. The number of nitrogens with one attached hydrogen (secondary N) is 1. The Balaban J connectivity index is 2.01. The Labute approximate surface area is 124 Å². The van der Waals surface area contributed by atoms with Gasteiger partial charge >= 0.3 is 0 Å². The maximum Gasteiger partial charge on any atom is 0.0592 e. The second kappa shape index (κ2) is 7.09. The molecule has 19 heavy (non-hydrogen) atoms. The molecule has 1 heterocycles. The smallest absolute Gasteiger partial charge is 0.0592 e. The highest BCUT2D eigenvalue weighted by atomic mass is 35.5. The summed E-state index contributed by atoms with van der Waals surface area (Å²) >= 11 is 7.85. The first-order valence-electron chi connectivity index (χ1n) is 6.76. The Morgan fingerprint density at radius 2 is 1.95 bits per heavy atom. The second-order valence-corrected chi connectivity index (χ2v) is 6.18. The van der Waals surface area contributed by atoms with Crippen LogP contribution in [0.15, 0.2) is 35.7 Å². The predicted molar refractivity (Wildman–Crippen MR) is 86.2 cm³/mol. The molecule has 2 aromatic rings. The molecular weight excluding hydrogens is 274 g/mol. The van der Waals surface area contributed by atoms with Crippen LogP contribution < -0.4 is 5.32 Å². The van der Waals surface area contributed by atoms with Gasteiger partial charge in [-0.25, -0.2) is 0 Å². The summed E-state index contributed by atoms with van der Waals surface area (Å²) < 4.78 is 0. The maximum absolute atomic E-state index is 6.16. The van der Waals surface area contributed by atoms with Crippen LogP contribution in [0.3, 0.4) is 0 Å². The minimum atomic E-state index is 0.524. The zero-order chi connectivity index (χ0) is 13.7. The predicted octanol–water partition coefficient (Wildman–Crippen LogP) is 5.00. The number of thiophene rings is 1. The van der Waals surface area contributed by atoms with E-state index in [2.05, 4.69) is 43.4 Å². The van der Waals surface area contributed by atoms with Gasteiger partial charge in [0.05, 0.1) is 9.90 Å². The van der Waals surface area contributed by atoms with Crippen molar-refractivity contribution >= 4 is 22.9 Å². The lowest BCUT2D eigenvalue weighted by atomic mass is 10.0. The van der Waals surface area contributed by atoms with Gasteiger partial charge in [0.2, 0.25) is 0 Å². The summed E-state index contributed by atoms with van der Waals surface area (Å²) in [4.78, 5) is 1.16. The molecule has 0 bridgehead atoms. The number of hydrogen-bond donors (Lipinski definition) is 1. The maximum atomic E-state index is 6.16. The highest BCUT2D eigenvalue weighted by molar-refractivity contribution is 7.14. The standard InChI is InChI=1S/C16H20ClNS/c1-3-9-18-12(2)11-13-4-6-14(7-5-13)16-15(17)8-10-19-16/h4-8,10,12,18H,3,9,11H2,1-2H3. The van der Waals surface area contributed by atoms with Gasteiger partial charge in [-0.1, -0.05) is 42.8 Å². The van der Waals surface area contributed by atoms with E-state index in [1.165, 1.54) is 17.5 Å². The van der Waals surface area contributed by atoms with E-state index in [0.29, 0.717) is 6.04 Å². The van der Waals surface area contributed by atoms with E-state index in [1.807, 2.05) is 11.4 Å². The fourth-order valence-corrected chi connectivity index (χ4v) is 3.28. The lowest BCUT2D eigenvalue weighted by Gasteiger charge is -2.13. The van der Waals surface area contributed by atoms with Crippen LogP contribution in [0.4, 0.5) is 0 Å². The van der Waals surface area contributed by atoms with Crippen molar-refractivity contribution < 1.29 is 0 Å². The second-order valence-electron chi connectivity index (χ2n) is 4.85. The highest BCUT2D eigenvalue weighted by Crippen LogP contribution is 2.33. The van der Waals surface area contributed by atoms with Crippen LogP contribution in [-0.4, -0.2) is 12.6 Å². The summed E-state index contributed by atoms with van der Waals surface area (Å²) in [6, 6.07) is 11.2. The molecule has 1 unspecified atom stereocenters. The van der Waals surface area contributed by atoms with Crippen LogP contribution in [0, 0.1) is 0 Å². The van der Waals surface area contributed by atoms with Crippen LogP contribution >= 0.6 is 22.9 Å². The number of benzene rings is 1. The molecule has 1 aromatic heterocycles. The third-order valence-electron chi connectivity index (χ3n) is 3.12. The lowest BCUT2D eigenvalue weighted by Crippen LogP contribution is -2.28. The van der Waals surface area contributed by atoms with Gasteiger partial charge in [0.1, 0.15) is 0 Å². The number of hydrogen-bond acceptors (Lipinski definition) is 2. The van der Waals surface area contributed by atoms with Gasteiger partial charge in [-0.15, -0.1) is 11.3 Å². The summed E-state index contributed by atoms with van der Waals surface area (Å²) in [7, 11) is 0. The average molecular weight is 294 g/mol. The molecule has 102 valence electrons. The van der Waals surface area contributed by atoms with Crippen molar-refractivity contribution in [1.29, 1.82) is 0 Å². The van der Waals surface area contributed by atoms with Crippen LogP contribution in [0.2, 0.25) is 5.02 Å². The number of halogens is 1. The van der Waals surface area contributed by atoms with Crippen LogP contribution in [0.5, 0.6) is 0 Å². The van der Waals surface area contributed by atoms with Gasteiger partial charge in [0.15, 0.2) is 0 Å². The molecule has 0 aliphatic carbocycles. The molecule has 1 aromatic carbocycles. The molecule has 0 aliphatic heterocycles. The van der Waals surface area contributed by atoms with Crippen molar-refractivity contribution in [2.75, 3.05) is 6.54 Å². The molecule has 0 aliphatic rings. The summed E-state index contributed by atoms with van der Waals surface area (Å²) in [5, 5.41) is 6.39. The minimum absolute atomic E-state index is 0.524. The molecule has 2 rings (SSSR count). The summed E-state index contributed by atoms with van der Waals surface area (Å²) in [5.74, 6) is 0. The Kier molecular flexibility index (Phi) is 5.44. The third kappa shape index (κ3) is 4.07. The fraction of sp³-hybridized carbons (Fsp3) is 0.375. The SMILES string of the molecule is CCCNC(C)Cc1ccc(-c2sccc2Cl)cc1. The largest absolute Gasteiger partial charge is 0.314 e. The van der Waals surface area contributed by atoms with E-state index >= 15 is 0 Å². The van der Waals surface area contributed by atoms with E-state index in [1.54, 1.807) is 11.3 Å². The van der Waals surface area contributed by atoms with Gasteiger partial charge in [-0.3, -0.25) is 0 Å². The van der Waals surface area contributed by atoms with Gasteiger partial charge in [0, 0.05) is 6.04 Å². The summed E-state index contributed by atoms with van der Waals surface area (Å²) in [5.41, 5.74) is 2.57. The van der Waals surface area contributed by atoms with Gasteiger partial charge in [-0.05, 0) is 48.9 Å². The summed E-state index contributed by atoms with van der Waals surface area (Å²) in [6.45, 7) is 5.52. The monoisotopic (exact) mass is 293 g/mol. The zero-order valence-electron chi connectivity index (χ0n) is 11.4. The Hall–Kier alpha value is -0.830. The van der Waals surface area contributed by atoms with E-state index in [0.717, 1.165) is 22.9 Å².